The van der Waals surface area contributed by atoms with E-state index in [0.29, 0.717) is 16.6 Å². The fraction of sp³-hybridized carbons (Fsp3) is 0.324. The molecule has 0 radical (unpaired) electrons. The zero-order chi connectivity index (χ0) is 31.7. The highest BCUT2D eigenvalue weighted by molar-refractivity contribution is 7.26. The van der Waals surface area contributed by atoms with Gasteiger partial charge in [-0.1, -0.05) is 84.8 Å². The van der Waals surface area contributed by atoms with Crippen LogP contribution in [-0.4, -0.2) is 4.98 Å². The number of hydrogen-bond donors (Lipinski definition) is 0. The van der Waals surface area contributed by atoms with Crippen LogP contribution in [0, 0.1) is 0 Å². The lowest BCUT2D eigenvalue weighted by molar-refractivity contribution is 0.332. The molecule has 0 spiro atoms. The third kappa shape index (κ3) is 3.83. The molecular weight excluding hydrogens is 490 g/mol. The number of benzene rings is 4. The van der Waals surface area contributed by atoms with Gasteiger partial charge in [-0.15, -0.1) is 11.3 Å². The highest BCUT2D eigenvalue weighted by atomic mass is 32.1. The molecule has 0 amide bonds. The van der Waals surface area contributed by atoms with E-state index in [-0.39, 0.29) is 46.4 Å². The van der Waals surface area contributed by atoms with E-state index in [1.54, 1.807) is 0 Å². The van der Waals surface area contributed by atoms with E-state index in [1.807, 2.05) is 44.4 Å². The Bertz CT molecular complexity index is 2220. The first-order valence-corrected chi connectivity index (χ1v) is 14.7. The van der Waals surface area contributed by atoms with E-state index in [2.05, 4.69) is 58.0 Å². The van der Waals surface area contributed by atoms with Gasteiger partial charge in [-0.25, -0.2) is 0 Å². The summed E-state index contributed by atoms with van der Waals surface area (Å²) < 4.78 is 45.8. The molecule has 0 saturated heterocycles. The van der Waals surface area contributed by atoms with Crippen molar-refractivity contribution in [2.24, 2.45) is 0 Å². The minimum atomic E-state index is -0.421. The monoisotopic (exact) mass is 532 g/mol. The lowest BCUT2D eigenvalue weighted by atomic mass is 9.63. The summed E-state index contributed by atoms with van der Waals surface area (Å²) in [6, 6.07) is 12.4. The Morgan fingerprint density at radius 1 is 0.795 bits per heavy atom. The predicted octanol–water partition coefficient (Wildman–Crippen LogP) is 11.1. The maximum atomic E-state index is 9.23. The number of aromatic nitrogens is 1. The Kier molecular flexibility index (Phi) is 4.13. The van der Waals surface area contributed by atoms with Gasteiger partial charge < -0.3 is 0 Å². The second kappa shape index (κ2) is 8.15. The molecule has 0 fully saturated rings. The van der Waals surface area contributed by atoms with Crippen LogP contribution in [0.1, 0.15) is 84.9 Å². The van der Waals surface area contributed by atoms with E-state index >= 15 is 0 Å². The average Bonchev–Trinajstić information content (AvgIpc) is 3.34. The third-order valence-electron chi connectivity index (χ3n) is 8.90. The van der Waals surface area contributed by atoms with E-state index in [9.17, 15) is 1.37 Å². The quantitative estimate of drug-likeness (QED) is 0.205. The second-order valence-corrected chi connectivity index (χ2v) is 14.6. The Labute approximate surface area is 242 Å². The molecule has 0 N–H and O–H groups in total. The van der Waals surface area contributed by atoms with Crippen LogP contribution < -0.4 is 0 Å². The van der Waals surface area contributed by atoms with Crippen molar-refractivity contribution in [2.45, 2.75) is 77.6 Å². The SMILES string of the molecule is [2H]c1c([2H])c([2H])c2c([2H])c(-c3cc4c(ccc5c6cc7c(cc6sc45)C(C)(C)CCC7(C)C)cn3)cc(C(C)(C)C)c2c1[2H]. The number of fused-ring (bicyclic) bond motifs is 7. The topological polar surface area (TPSA) is 12.9 Å². The molecule has 39 heavy (non-hydrogen) atoms. The van der Waals surface area contributed by atoms with Crippen LogP contribution in [0.4, 0.5) is 0 Å². The van der Waals surface area contributed by atoms with E-state index in [4.69, 9.17) is 10.5 Å². The number of hydrogen-bond acceptors (Lipinski definition) is 2. The van der Waals surface area contributed by atoms with Gasteiger partial charge in [0.25, 0.3) is 0 Å². The summed E-state index contributed by atoms with van der Waals surface area (Å²) >= 11 is 1.82. The Morgan fingerprint density at radius 3 is 2.26 bits per heavy atom. The van der Waals surface area contributed by atoms with Crippen molar-refractivity contribution in [3.8, 4) is 11.3 Å². The number of rotatable bonds is 1. The molecule has 7 rings (SSSR count). The van der Waals surface area contributed by atoms with Crippen molar-refractivity contribution < 1.29 is 6.85 Å². The van der Waals surface area contributed by atoms with Gasteiger partial charge in [-0.2, -0.15) is 0 Å². The smallest absolute Gasteiger partial charge is 0.0709 e. The maximum Gasteiger partial charge on any atom is 0.0709 e. The molecule has 1 aliphatic carbocycles. The first-order valence-electron chi connectivity index (χ1n) is 16.4. The van der Waals surface area contributed by atoms with Crippen molar-refractivity contribution in [3.63, 3.8) is 0 Å². The van der Waals surface area contributed by atoms with Gasteiger partial charge in [-0.3, -0.25) is 4.98 Å². The predicted molar refractivity (Wildman–Crippen MR) is 172 cm³/mol. The highest BCUT2D eigenvalue weighted by Crippen LogP contribution is 2.49. The molecule has 6 aromatic rings. The molecule has 0 saturated carbocycles. The van der Waals surface area contributed by atoms with Crippen LogP contribution >= 0.6 is 11.3 Å². The summed E-state index contributed by atoms with van der Waals surface area (Å²) in [6.07, 6.45) is 4.21. The molecule has 2 aromatic heterocycles. The van der Waals surface area contributed by atoms with Crippen LogP contribution in [0.5, 0.6) is 0 Å². The Balaban J connectivity index is 1.53. The maximum absolute atomic E-state index is 9.23. The van der Waals surface area contributed by atoms with Crippen LogP contribution in [-0.2, 0) is 16.2 Å². The van der Waals surface area contributed by atoms with Gasteiger partial charge in [0.05, 0.1) is 12.5 Å². The van der Waals surface area contributed by atoms with Crippen molar-refractivity contribution in [3.05, 3.63) is 89.5 Å². The summed E-state index contributed by atoms with van der Waals surface area (Å²) in [6.45, 7) is 15.6. The summed E-state index contributed by atoms with van der Waals surface area (Å²) in [5.74, 6) is 0. The van der Waals surface area contributed by atoms with Gasteiger partial charge in [0.15, 0.2) is 0 Å². The minimum absolute atomic E-state index is 0.0764. The summed E-state index contributed by atoms with van der Waals surface area (Å²) in [5, 5.41) is 5.29. The molecule has 0 atom stereocenters. The van der Waals surface area contributed by atoms with Gasteiger partial charge in [0, 0.05) is 42.7 Å². The van der Waals surface area contributed by atoms with Gasteiger partial charge in [0.1, 0.15) is 0 Å². The largest absolute Gasteiger partial charge is 0.256 e. The van der Waals surface area contributed by atoms with Gasteiger partial charge in [-0.05, 0) is 86.9 Å². The van der Waals surface area contributed by atoms with Crippen molar-refractivity contribution in [2.75, 3.05) is 0 Å². The van der Waals surface area contributed by atoms with Crippen LogP contribution in [0.3, 0.4) is 0 Å². The van der Waals surface area contributed by atoms with Crippen LogP contribution in [0.15, 0.2) is 72.8 Å². The van der Waals surface area contributed by atoms with E-state index in [1.165, 1.54) is 44.1 Å². The molecule has 1 nitrogen and oxygen atoms in total. The third-order valence-corrected chi connectivity index (χ3v) is 10.1. The molecule has 2 heterocycles. The molecular formula is C37H37NS. The average molecular weight is 533 g/mol. The molecule has 0 bridgehead atoms. The van der Waals surface area contributed by atoms with Gasteiger partial charge in [0.2, 0.25) is 0 Å². The standard InChI is InChI=1S/C37H37NS/c1-35(2,3)29-17-24(16-22-10-8-9-11-25(22)29)32-19-27-23(21-38-32)12-13-26-28-18-30-31(20-33(28)39-34(26)27)37(6,7)15-14-36(30,4)5/h8-13,16-21H,14-15H2,1-7H3/i8D,9D,10D,11D,16D. The van der Waals surface area contributed by atoms with Crippen molar-refractivity contribution in [1.82, 2.24) is 4.98 Å². The van der Waals surface area contributed by atoms with E-state index in [0.717, 1.165) is 16.3 Å². The number of pyridine rings is 1. The summed E-state index contributed by atoms with van der Waals surface area (Å²) in [7, 11) is 0. The molecule has 196 valence electrons. The molecule has 4 aromatic carbocycles. The Morgan fingerprint density at radius 2 is 1.51 bits per heavy atom. The minimum Gasteiger partial charge on any atom is -0.256 e. The zero-order valence-corrected chi connectivity index (χ0v) is 24.6. The highest BCUT2D eigenvalue weighted by Gasteiger charge is 2.37. The fourth-order valence-electron chi connectivity index (χ4n) is 6.38. The van der Waals surface area contributed by atoms with Crippen LogP contribution in [0.25, 0.3) is 53.0 Å². The molecule has 2 heteroatoms. The summed E-state index contributed by atoms with van der Waals surface area (Å²) in [5.41, 5.74) is 4.73. The number of nitrogens with zero attached hydrogens (tertiary/aromatic N) is 1. The first kappa shape index (κ1) is 19.8. The second-order valence-electron chi connectivity index (χ2n) is 13.6. The lowest BCUT2D eigenvalue weighted by Gasteiger charge is -2.41. The Hall–Kier alpha value is -3.23. The normalized spacial score (nSPS) is 18.6. The molecule has 1 aliphatic rings. The zero-order valence-electron chi connectivity index (χ0n) is 28.8. The van der Waals surface area contributed by atoms with E-state index < -0.39 is 5.41 Å². The van der Waals surface area contributed by atoms with Crippen molar-refractivity contribution >= 4 is 53.1 Å². The fourth-order valence-corrected chi connectivity index (χ4v) is 7.63. The van der Waals surface area contributed by atoms with Crippen molar-refractivity contribution in [1.29, 1.82) is 0 Å². The first-order chi connectivity index (χ1) is 20.5. The molecule has 0 aliphatic heterocycles. The molecule has 0 unspecified atom stereocenters. The summed E-state index contributed by atoms with van der Waals surface area (Å²) in [4.78, 5) is 4.81. The number of thiophene rings is 1. The van der Waals surface area contributed by atoms with Crippen LogP contribution in [0.2, 0.25) is 0 Å². The van der Waals surface area contributed by atoms with Gasteiger partial charge >= 0.3 is 0 Å². The lowest BCUT2D eigenvalue weighted by Crippen LogP contribution is -2.33.